The highest BCUT2D eigenvalue weighted by atomic mass is 32.2. The molecule has 1 rings (SSSR count). The van der Waals surface area contributed by atoms with Crippen LogP contribution in [0.2, 0.25) is 0 Å². The van der Waals surface area contributed by atoms with Gasteiger partial charge in [-0.25, -0.2) is 13.6 Å². The summed E-state index contributed by atoms with van der Waals surface area (Å²) < 4.78 is 27.3. The Morgan fingerprint density at radius 3 is 2.47 bits per heavy atom. The monoisotopic (exact) mass is 289 g/mol. The minimum Gasteiger partial charge on any atom is -0.447 e. The molecule has 110 valence electrons. The third kappa shape index (κ3) is 5.32. The minimum atomic E-state index is -3.75. The van der Waals surface area contributed by atoms with Gasteiger partial charge < -0.3 is 14.6 Å². The first kappa shape index (κ1) is 16.2. The smallest absolute Gasteiger partial charge is 0.271 e. The number of hydrogen-bond donors (Lipinski definition) is 2. The van der Waals surface area contributed by atoms with E-state index >= 15 is 0 Å². The molecule has 0 aliphatic rings. The Bertz CT molecular complexity index is 480. The fourth-order valence-corrected chi connectivity index (χ4v) is 2.30. The predicted octanol–water partition coefficient (Wildman–Crippen LogP) is 0.747. The first-order valence-electron chi connectivity index (χ1n) is 6.44. The number of nitrogens with zero attached hydrogens (tertiary/aromatic N) is 1. The fraction of sp³-hybridized carbons (Fsp3) is 0.667. The van der Waals surface area contributed by atoms with Crippen LogP contribution in [0.1, 0.15) is 26.5 Å². The quantitative estimate of drug-likeness (QED) is 0.737. The highest BCUT2D eigenvalue weighted by Gasteiger charge is 2.13. The summed E-state index contributed by atoms with van der Waals surface area (Å²) in [4.78, 5) is 2.32. The van der Waals surface area contributed by atoms with E-state index in [0.717, 1.165) is 19.6 Å². The van der Waals surface area contributed by atoms with Crippen LogP contribution in [0.25, 0.3) is 0 Å². The highest BCUT2D eigenvalue weighted by Crippen LogP contribution is 2.12. The summed E-state index contributed by atoms with van der Waals surface area (Å²) in [6.45, 7) is 9.79. The van der Waals surface area contributed by atoms with Gasteiger partial charge in [-0.2, -0.15) is 0 Å². The van der Waals surface area contributed by atoms with Gasteiger partial charge in [-0.3, -0.25) is 0 Å². The molecule has 0 spiro atoms. The zero-order valence-electron chi connectivity index (χ0n) is 11.7. The fourth-order valence-electron chi connectivity index (χ4n) is 1.81. The van der Waals surface area contributed by atoms with Gasteiger partial charge in [0, 0.05) is 12.6 Å². The summed E-state index contributed by atoms with van der Waals surface area (Å²) >= 11 is 0. The molecule has 0 saturated heterocycles. The van der Waals surface area contributed by atoms with Gasteiger partial charge in [0.05, 0.1) is 6.54 Å². The number of nitrogens with two attached hydrogens (primary N) is 1. The molecule has 1 aromatic rings. The lowest BCUT2D eigenvalue weighted by atomic mass is 10.3. The van der Waals surface area contributed by atoms with E-state index in [1.165, 1.54) is 6.07 Å². The van der Waals surface area contributed by atoms with Crippen molar-refractivity contribution in [3.8, 4) is 0 Å². The van der Waals surface area contributed by atoms with Crippen molar-refractivity contribution in [1.82, 2.24) is 10.2 Å². The third-order valence-electron chi connectivity index (χ3n) is 2.97. The largest absolute Gasteiger partial charge is 0.447 e. The van der Waals surface area contributed by atoms with Crippen molar-refractivity contribution < 1.29 is 12.8 Å². The normalized spacial score (nSPS) is 13.9. The molecule has 0 aromatic carbocycles. The van der Waals surface area contributed by atoms with Gasteiger partial charge in [-0.05, 0) is 32.1 Å². The van der Waals surface area contributed by atoms with E-state index in [-0.39, 0.29) is 5.09 Å². The molecule has 1 aromatic heterocycles. The van der Waals surface area contributed by atoms with E-state index in [9.17, 15) is 8.42 Å². The standard InChI is InChI=1S/C12H23N3O3S/c1-4-15(5-2)9-10(3)14-8-11-6-7-12(18-11)19(13,16)17/h6-7,10,14H,4-5,8-9H2,1-3H3,(H2,13,16,17). The molecule has 0 amide bonds. The van der Waals surface area contributed by atoms with Crippen LogP contribution in [0.3, 0.4) is 0 Å². The van der Waals surface area contributed by atoms with Crippen LogP contribution in [0.15, 0.2) is 21.6 Å². The van der Waals surface area contributed by atoms with Crippen LogP contribution in [-0.2, 0) is 16.6 Å². The van der Waals surface area contributed by atoms with Gasteiger partial charge in [0.1, 0.15) is 5.76 Å². The van der Waals surface area contributed by atoms with Crippen LogP contribution in [0.4, 0.5) is 0 Å². The zero-order chi connectivity index (χ0) is 14.5. The summed E-state index contributed by atoms with van der Waals surface area (Å²) in [5, 5.41) is 8.08. The Morgan fingerprint density at radius 1 is 1.37 bits per heavy atom. The summed E-state index contributed by atoms with van der Waals surface area (Å²) in [6.07, 6.45) is 0. The van der Waals surface area contributed by atoms with Crippen molar-refractivity contribution in [3.05, 3.63) is 17.9 Å². The SMILES string of the molecule is CCN(CC)CC(C)NCc1ccc(S(N)(=O)=O)o1. The van der Waals surface area contributed by atoms with Gasteiger partial charge in [0.15, 0.2) is 0 Å². The predicted molar refractivity (Wildman–Crippen MR) is 74.2 cm³/mol. The summed E-state index contributed by atoms with van der Waals surface area (Å²) in [6, 6.07) is 3.29. The van der Waals surface area contributed by atoms with Crippen LogP contribution in [0.5, 0.6) is 0 Å². The number of sulfonamides is 1. The Balaban J connectivity index is 2.46. The summed E-state index contributed by atoms with van der Waals surface area (Å²) in [5.74, 6) is 0.565. The zero-order valence-corrected chi connectivity index (χ0v) is 12.5. The number of likely N-dealkylation sites (N-methyl/N-ethyl adjacent to an activating group) is 1. The molecule has 0 aliphatic carbocycles. The molecule has 19 heavy (non-hydrogen) atoms. The lowest BCUT2D eigenvalue weighted by molar-refractivity contribution is 0.266. The Hall–Kier alpha value is -0.890. The van der Waals surface area contributed by atoms with Crippen LogP contribution < -0.4 is 10.5 Å². The van der Waals surface area contributed by atoms with E-state index < -0.39 is 10.0 Å². The van der Waals surface area contributed by atoms with Crippen molar-refractivity contribution in [2.75, 3.05) is 19.6 Å². The molecular formula is C12H23N3O3S. The second-order valence-electron chi connectivity index (χ2n) is 4.53. The van der Waals surface area contributed by atoms with E-state index in [1.54, 1.807) is 6.07 Å². The maximum absolute atomic E-state index is 11.1. The molecule has 3 N–H and O–H groups in total. The lowest BCUT2D eigenvalue weighted by Gasteiger charge is -2.23. The first-order valence-corrected chi connectivity index (χ1v) is 7.98. The summed E-state index contributed by atoms with van der Waals surface area (Å²) in [7, 11) is -3.75. The number of furan rings is 1. The third-order valence-corrected chi connectivity index (χ3v) is 3.75. The molecule has 6 nitrogen and oxygen atoms in total. The number of hydrogen-bond acceptors (Lipinski definition) is 5. The molecule has 0 aliphatic heterocycles. The van der Waals surface area contributed by atoms with Gasteiger partial charge in [0.25, 0.3) is 10.0 Å². The molecule has 0 bridgehead atoms. The van der Waals surface area contributed by atoms with Crippen LogP contribution in [-0.4, -0.2) is 39.0 Å². The molecule has 1 heterocycles. The second kappa shape index (κ2) is 7.04. The minimum absolute atomic E-state index is 0.194. The van der Waals surface area contributed by atoms with E-state index in [0.29, 0.717) is 18.3 Å². The Morgan fingerprint density at radius 2 is 2.00 bits per heavy atom. The van der Waals surface area contributed by atoms with Crippen LogP contribution >= 0.6 is 0 Å². The number of rotatable bonds is 8. The van der Waals surface area contributed by atoms with Crippen molar-refractivity contribution >= 4 is 10.0 Å². The maximum atomic E-state index is 11.1. The molecule has 0 radical (unpaired) electrons. The lowest BCUT2D eigenvalue weighted by Crippen LogP contribution is -2.38. The van der Waals surface area contributed by atoms with E-state index in [4.69, 9.17) is 9.56 Å². The second-order valence-corrected chi connectivity index (χ2v) is 6.03. The van der Waals surface area contributed by atoms with E-state index in [1.807, 2.05) is 0 Å². The Kier molecular flexibility index (Phi) is 5.99. The topological polar surface area (TPSA) is 88.6 Å². The van der Waals surface area contributed by atoms with Crippen LogP contribution in [0, 0.1) is 0 Å². The first-order chi connectivity index (χ1) is 8.86. The number of primary sulfonamides is 1. The molecule has 0 saturated carbocycles. The molecular weight excluding hydrogens is 266 g/mol. The molecule has 0 fully saturated rings. The van der Waals surface area contributed by atoms with Crippen molar-refractivity contribution in [3.63, 3.8) is 0 Å². The average molecular weight is 289 g/mol. The van der Waals surface area contributed by atoms with Gasteiger partial charge in [-0.15, -0.1) is 0 Å². The van der Waals surface area contributed by atoms with E-state index in [2.05, 4.69) is 31.0 Å². The average Bonchev–Trinajstić information content (AvgIpc) is 2.82. The molecule has 1 atom stereocenters. The maximum Gasteiger partial charge on any atom is 0.271 e. The molecule has 1 unspecified atom stereocenters. The summed E-state index contributed by atoms with van der Waals surface area (Å²) in [5.41, 5.74) is 0. The van der Waals surface area contributed by atoms with Gasteiger partial charge in [-0.1, -0.05) is 13.8 Å². The molecule has 7 heteroatoms. The van der Waals surface area contributed by atoms with Crippen molar-refractivity contribution in [2.45, 2.75) is 38.5 Å². The number of nitrogens with one attached hydrogen (secondary N) is 1. The van der Waals surface area contributed by atoms with Gasteiger partial charge >= 0.3 is 0 Å². The highest BCUT2D eigenvalue weighted by molar-refractivity contribution is 7.89. The Labute approximate surface area is 115 Å². The van der Waals surface area contributed by atoms with Crippen molar-refractivity contribution in [2.24, 2.45) is 5.14 Å². The van der Waals surface area contributed by atoms with Gasteiger partial charge in [0.2, 0.25) is 5.09 Å². The van der Waals surface area contributed by atoms with Crippen molar-refractivity contribution in [1.29, 1.82) is 0 Å².